The Morgan fingerprint density at radius 3 is 3.04 bits per heavy atom. The van der Waals surface area contributed by atoms with Gasteiger partial charge in [-0.15, -0.1) is 22.7 Å². The summed E-state index contributed by atoms with van der Waals surface area (Å²) in [7, 11) is 1.95. The van der Waals surface area contributed by atoms with Gasteiger partial charge in [-0.25, -0.2) is 0 Å². The summed E-state index contributed by atoms with van der Waals surface area (Å²) in [6.45, 7) is 2.41. The van der Waals surface area contributed by atoms with E-state index in [4.69, 9.17) is 0 Å². The zero-order valence-corrected chi connectivity index (χ0v) is 14.9. The Morgan fingerprint density at radius 1 is 1.52 bits per heavy atom. The second kappa shape index (κ2) is 6.83. The Morgan fingerprint density at radius 2 is 2.35 bits per heavy atom. The van der Waals surface area contributed by atoms with Gasteiger partial charge in [-0.05, 0) is 50.2 Å². The van der Waals surface area contributed by atoms with Crippen LogP contribution < -0.4 is 5.32 Å². The third-order valence-electron chi connectivity index (χ3n) is 4.30. The molecule has 2 aromatic heterocycles. The molecule has 0 unspecified atom stereocenters. The summed E-state index contributed by atoms with van der Waals surface area (Å²) in [6, 6.07) is 6.57. The van der Waals surface area contributed by atoms with Crippen LogP contribution in [0.1, 0.15) is 40.3 Å². The maximum absolute atomic E-state index is 12.3. The van der Waals surface area contributed by atoms with Crippen molar-refractivity contribution < 1.29 is 4.79 Å². The molecule has 1 aliphatic carbocycles. The molecule has 0 aromatic carbocycles. The summed E-state index contributed by atoms with van der Waals surface area (Å²) >= 11 is 3.26. The number of rotatable bonds is 5. The minimum Gasteiger partial charge on any atom is -0.315 e. The van der Waals surface area contributed by atoms with Gasteiger partial charge in [0.25, 0.3) is 0 Å². The van der Waals surface area contributed by atoms with Gasteiger partial charge < -0.3 is 5.32 Å². The van der Waals surface area contributed by atoms with E-state index in [-0.39, 0.29) is 11.9 Å². The van der Waals surface area contributed by atoms with Crippen molar-refractivity contribution in [1.82, 2.24) is 4.90 Å². The van der Waals surface area contributed by atoms with Gasteiger partial charge in [-0.2, -0.15) is 5.26 Å². The summed E-state index contributed by atoms with van der Waals surface area (Å²) in [5.74, 6) is -0.0627. The average molecular weight is 345 g/mol. The largest absolute Gasteiger partial charge is 0.315 e. The lowest BCUT2D eigenvalue weighted by Crippen LogP contribution is -2.31. The fourth-order valence-electron chi connectivity index (χ4n) is 2.89. The van der Waals surface area contributed by atoms with E-state index >= 15 is 0 Å². The van der Waals surface area contributed by atoms with E-state index in [1.165, 1.54) is 9.75 Å². The molecule has 0 aliphatic heterocycles. The summed E-state index contributed by atoms with van der Waals surface area (Å²) in [5, 5.41) is 15.1. The van der Waals surface area contributed by atoms with E-state index in [1.807, 2.05) is 23.4 Å². The molecule has 1 N–H and O–H groups in total. The molecule has 0 saturated carbocycles. The highest BCUT2D eigenvalue weighted by molar-refractivity contribution is 7.16. The van der Waals surface area contributed by atoms with E-state index in [0.717, 1.165) is 29.8 Å². The van der Waals surface area contributed by atoms with Crippen LogP contribution in [0.25, 0.3) is 0 Å². The predicted molar refractivity (Wildman–Crippen MR) is 95.1 cm³/mol. The van der Waals surface area contributed by atoms with Crippen LogP contribution in [0, 0.1) is 11.3 Å². The second-order valence-electron chi connectivity index (χ2n) is 5.83. The van der Waals surface area contributed by atoms with Crippen molar-refractivity contribution in [1.29, 1.82) is 5.26 Å². The van der Waals surface area contributed by atoms with Gasteiger partial charge in [-0.1, -0.05) is 6.07 Å². The zero-order valence-electron chi connectivity index (χ0n) is 13.3. The first kappa shape index (κ1) is 16.2. The molecule has 120 valence electrons. The minimum atomic E-state index is -0.0627. The van der Waals surface area contributed by atoms with Crippen LogP contribution in [0.2, 0.25) is 0 Å². The molecule has 0 fully saturated rings. The van der Waals surface area contributed by atoms with E-state index in [9.17, 15) is 10.1 Å². The fraction of sp³-hybridized carbons (Fsp3) is 0.412. The highest BCUT2D eigenvalue weighted by Crippen LogP contribution is 2.38. The van der Waals surface area contributed by atoms with Crippen molar-refractivity contribution in [2.75, 3.05) is 18.9 Å². The summed E-state index contributed by atoms with van der Waals surface area (Å²) in [5.41, 5.74) is 1.82. The first-order chi connectivity index (χ1) is 11.1. The molecule has 23 heavy (non-hydrogen) atoms. The molecule has 3 rings (SSSR count). The first-order valence-electron chi connectivity index (χ1n) is 7.68. The Kier molecular flexibility index (Phi) is 4.81. The van der Waals surface area contributed by atoms with Gasteiger partial charge in [-0.3, -0.25) is 9.69 Å². The molecule has 0 saturated heterocycles. The highest BCUT2D eigenvalue weighted by atomic mass is 32.1. The number of likely N-dealkylation sites (N-methyl/N-ethyl adjacent to an activating group) is 1. The Balaban J connectivity index is 1.65. The average Bonchev–Trinajstić information content (AvgIpc) is 3.22. The Bertz CT molecular complexity index is 743. The molecular formula is C17H19N3OS2. The maximum Gasteiger partial charge on any atom is 0.239 e. The van der Waals surface area contributed by atoms with Gasteiger partial charge in [0.15, 0.2) is 0 Å². The monoisotopic (exact) mass is 345 g/mol. The van der Waals surface area contributed by atoms with Crippen LogP contribution in [0.15, 0.2) is 17.5 Å². The number of carbonyl (C=O) groups is 1. The molecule has 2 aromatic rings. The SMILES string of the molecule is C[C@H](c1cccs1)N(C)CC(=O)Nc1sc2c(c1C#N)CCC2. The van der Waals surface area contributed by atoms with E-state index < -0.39 is 0 Å². The van der Waals surface area contributed by atoms with Gasteiger partial charge >= 0.3 is 0 Å². The van der Waals surface area contributed by atoms with Crippen molar-refractivity contribution in [3.05, 3.63) is 38.4 Å². The van der Waals surface area contributed by atoms with Crippen molar-refractivity contribution in [3.8, 4) is 6.07 Å². The van der Waals surface area contributed by atoms with E-state index in [2.05, 4.69) is 24.4 Å². The summed E-state index contributed by atoms with van der Waals surface area (Å²) in [4.78, 5) is 16.9. The number of amides is 1. The molecule has 0 bridgehead atoms. The van der Waals surface area contributed by atoms with Crippen molar-refractivity contribution in [2.24, 2.45) is 0 Å². The standard InChI is InChI=1S/C17H19N3OS2/c1-11(14-7-4-8-22-14)20(2)10-16(21)19-17-13(9-18)12-5-3-6-15(12)23-17/h4,7-8,11H,3,5-6,10H2,1-2H3,(H,19,21)/t11-/m1/s1. The van der Waals surface area contributed by atoms with Crippen molar-refractivity contribution in [3.63, 3.8) is 0 Å². The number of nitrogens with one attached hydrogen (secondary N) is 1. The molecule has 0 spiro atoms. The topological polar surface area (TPSA) is 56.1 Å². The third kappa shape index (κ3) is 3.32. The number of hydrogen-bond donors (Lipinski definition) is 1. The number of anilines is 1. The number of aryl methyl sites for hydroxylation is 1. The van der Waals surface area contributed by atoms with Crippen LogP contribution in [-0.2, 0) is 17.6 Å². The molecule has 1 amide bonds. The van der Waals surface area contributed by atoms with Gasteiger partial charge in [0.2, 0.25) is 5.91 Å². The van der Waals surface area contributed by atoms with Gasteiger partial charge in [0, 0.05) is 15.8 Å². The minimum absolute atomic E-state index is 0.0627. The van der Waals surface area contributed by atoms with Crippen LogP contribution in [0.4, 0.5) is 5.00 Å². The number of nitriles is 1. The normalized spacial score (nSPS) is 14.5. The Labute approximate surface area is 144 Å². The summed E-state index contributed by atoms with van der Waals surface area (Å²) < 4.78 is 0. The Hall–Kier alpha value is -1.68. The number of thiophene rings is 2. The molecule has 4 nitrogen and oxygen atoms in total. The van der Waals surface area contributed by atoms with Crippen molar-refractivity contribution in [2.45, 2.75) is 32.2 Å². The smallest absolute Gasteiger partial charge is 0.239 e. The van der Waals surface area contributed by atoms with Crippen LogP contribution in [-0.4, -0.2) is 24.4 Å². The van der Waals surface area contributed by atoms with E-state index in [1.54, 1.807) is 22.7 Å². The maximum atomic E-state index is 12.3. The van der Waals surface area contributed by atoms with Crippen LogP contribution in [0.5, 0.6) is 0 Å². The molecule has 1 atom stereocenters. The first-order valence-corrected chi connectivity index (χ1v) is 9.38. The van der Waals surface area contributed by atoms with Gasteiger partial charge in [0.05, 0.1) is 12.1 Å². The molecule has 6 heteroatoms. The fourth-order valence-corrected chi connectivity index (χ4v) is 4.99. The zero-order chi connectivity index (χ0) is 16.4. The second-order valence-corrected chi connectivity index (χ2v) is 7.91. The van der Waals surface area contributed by atoms with Crippen LogP contribution >= 0.6 is 22.7 Å². The number of hydrogen-bond acceptors (Lipinski definition) is 5. The van der Waals surface area contributed by atoms with E-state index in [0.29, 0.717) is 12.1 Å². The number of fused-ring (bicyclic) bond motifs is 1. The predicted octanol–water partition coefficient (Wildman–Crippen LogP) is 3.80. The number of carbonyl (C=O) groups excluding carboxylic acids is 1. The van der Waals surface area contributed by atoms with Crippen molar-refractivity contribution >= 4 is 33.6 Å². The van der Waals surface area contributed by atoms with Gasteiger partial charge in [0.1, 0.15) is 11.1 Å². The quantitative estimate of drug-likeness (QED) is 0.897. The third-order valence-corrected chi connectivity index (χ3v) is 6.54. The molecule has 1 aliphatic rings. The highest BCUT2D eigenvalue weighted by Gasteiger charge is 2.23. The molecular weight excluding hydrogens is 326 g/mol. The van der Waals surface area contributed by atoms with Crippen LogP contribution in [0.3, 0.4) is 0 Å². The lowest BCUT2D eigenvalue weighted by Gasteiger charge is -2.23. The summed E-state index contributed by atoms with van der Waals surface area (Å²) in [6.07, 6.45) is 3.10. The number of nitrogens with zero attached hydrogens (tertiary/aromatic N) is 2. The lowest BCUT2D eigenvalue weighted by molar-refractivity contribution is -0.117. The molecule has 0 radical (unpaired) electrons. The lowest BCUT2D eigenvalue weighted by atomic mass is 10.1. The molecule has 2 heterocycles.